The van der Waals surface area contributed by atoms with E-state index in [9.17, 15) is 9.59 Å². The molecule has 1 fully saturated rings. The van der Waals surface area contributed by atoms with Crippen molar-refractivity contribution < 1.29 is 14.3 Å². The fourth-order valence-electron chi connectivity index (χ4n) is 1.11. The van der Waals surface area contributed by atoms with Gasteiger partial charge in [-0.1, -0.05) is 0 Å². The van der Waals surface area contributed by atoms with E-state index in [0.717, 1.165) is 11.6 Å². The Morgan fingerprint density at radius 3 is 2.73 bits per heavy atom. The van der Waals surface area contributed by atoms with Crippen LogP contribution in [0.2, 0.25) is 0 Å². The van der Waals surface area contributed by atoms with Crippen LogP contribution in [0.3, 0.4) is 0 Å². The quantitative estimate of drug-likeness (QED) is 0.680. The average molecular weight is 255 g/mol. The van der Waals surface area contributed by atoms with Crippen LogP contribution in [0, 0.1) is 0 Å². The number of halogens is 1. The zero-order valence-electron chi connectivity index (χ0n) is 8.61. The zero-order valence-corrected chi connectivity index (χ0v) is 10.2. The molecule has 1 saturated heterocycles. The van der Waals surface area contributed by atoms with Crippen molar-refractivity contribution in [2.24, 2.45) is 0 Å². The van der Waals surface area contributed by atoms with E-state index in [-0.39, 0.29) is 24.4 Å². The SMILES string of the molecule is COC(=O)C(C)NC(=O)[C@H]1CSCN1.Cl. The number of esters is 1. The third-order valence-corrected chi connectivity index (χ3v) is 2.89. The number of hydrogen-bond acceptors (Lipinski definition) is 5. The van der Waals surface area contributed by atoms with Crippen molar-refractivity contribution in [1.29, 1.82) is 0 Å². The summed E-state index contributed by atoms with van der Waals surface area (Å²) in [7, 11) is 1.30. The molecular weight excluding hydrogens is 240 g/mol. The van der Waals surface area contributed by atoms with Crippen molar-refractivity contribution in [2.75, 3.05) is 18.7 Å². The van der Waals surface area contributed by atoms with Gasteiger partial charge in [0.2, 0.25) is 5.91 Å². The molecule has 0 spiro atoms. The predicted octanol–water partition coefficient (Wildman–Crippen LogP) is -0.252. The highest BCUT2D eigenvalue weighted by Gasteiger charge is 2.25. The van der Waals surface area contributed by atoms with Gasteiger partial charge in [-0.05, 0) is 6.92 Å². The first-order valence-electron chi connectivity index (χ1n) is 4.34. The summed E-state index contributed by atoms with van der Waals surface area (Å²) in [6, 6.07) is -0.771. The Labute approximate surface area is 99.1 Å². The minimum atomic E-state index is -0.583. The second kappa shape index (κ2) is 6.92. The summed E-state index contributed by atoms with van der Waals surface area (Å²) >= 11 is 1.66. The van der Waals surface area contributed by atoms with Gasteiger partial charge in [0.1, 0.15) is 6.04 Å². The van der Waals surface area contributed by atoms with Gasteiger partial charge in [-0.3, -0.25) is 10.1 Å². The van der Waals surface area contributed by atoms with E-state index in [1.807, 2.05) is 0 Å². The van der Waals surface area contributed by atoms with Gasteiger partial charge in [-0.2, -0.15) is 0 Å². The van der Waals surface area contributed by atoms with Crippen molar-refractivity contribution in [2.45, 2.75) is 19.0 Å². The number of nitrogens with one attached hydrogen (secondary N) is 2. The van der Waals surface area contributed by atoms with Gasteiger partial charge < -0.3 is 10.1 Å². The van der Waals surface area contributed by atoms with Crippen molar-refractivity contribution in [3.63, 3.8) is 0 Å². The molecule has 1 aliphatic rings. The predicted molar refractivity (Wildman–Crippen MR) is 61.1 cm³/mol. The van der Waals surface area contributed by atoms with E-state index in [1.54, 1.807) is 18.7 Å². The molecular formula is C8H15ClN2O3S. The summed E-state index contributed by atoms with van der Waals surface area (Å²) in [6.07, 6.45) is 0. The maximum absolute atomic E-state index is 11.5. The summed E-state index contributed by atoms with van der Waals surface area (Å²) in [6.45, 7) is 1.60. The molecule has 1 amide bonds. The van der Waals surface area contributed by atoms with Gasteiger partial charge in [0.25, 0.3) is 0 Å². The Morgan fingerprint density at radius 2 is 2.27 bits per heavy atom. The third-order valence-electron chi connectivity index (χ3n) is 1.95. The number of carbonyl (C=O) groups is 2. The summed E-state index contributed by atoms with van der Waals surface area (Å²) in [5, 5.41) is 5.60. The minimum absolute atomic E-state index is 0. The molecule has 2 atom stereocenters. The molecule has 88 valence electrons. The first-order chi connectivity index (χ1) is 6.65. The number of amides is 1. The Hall–Kier alpha value is -0.460. The van der Waals surface area contributed by atoms with Gasteiger partial charge in [0.15, 0.2) is 0 Å². The van der Waals surface area contributed by atoms with Gasteiger partial charge in [-0.25, -0.2) is 4.79 Å². The van der Waals surface area contributed by atoms with Gasteiger partial charge in [0.05, 0.1) is 13.2 Å². The lowest BCUT2D eigenvalue weighted by atomic mass is 10.2. The number of rotatable bonds is 3. The molecule has 1 heterocycles. The van der Waals surface area contributed by atoms with Crippen LogP contribution in [0.5, 0.6) is 0 Å². The van der Waals surface area contributed by atoms with Crippen molar-refractivity contribution in [1.82, 2.24) is 10.6 Å². The maximum atomic E-state index is 11.5. The molecule has 0 aromatic rings. The molecule has 1 rings (SSSR count). The highest BCUT2D eigenvalue weighted by atomic mass is 35.5. The summed E-state index contributed by atoms with van der Waals surface area (Å²) in [5.74, 6) is 0.960. The normalized spacial score (nSPS) is 21.3. The van der Waals surface area contributed by atoms with Gasteiger partial charge >= 0.3 is 5.97 Å². The molecule has 2 N–H and O–H groups in total. The van der Waals surface area contributed by atoms with Crippen LogP contribution in [0.15, 0.2) is 0 Å². The lowest BCUT2D eigenvalue weighted by Gasteiger charge is -2.14. The molecule has 0 saturated carbocycles. The second-order valence-corrected chi connectivity index (χ2v) is 4.06. The lowest BCUT2D eigenvalue weighted by molar-refractivity contribution is -0.144. The summed E-state index contributed by atoms with van der Waals surface area (Å²) in [5.41, 5.74) is 0. The molecule has 7 heteroatoms. The van der Waals surface area contributed by atoms with E-state index in [2.05, 4.69) is 15.4 Å². The monoisotopic (exact) mass is 254 g/mol. The fraction of sp³-hybridized carbons (Fsp3) is 0.750. The van der Waals surface area contributed by atoms with Crippen LogP contribution in [0.1, 0.15) is 6.92 Å². The van der Waals surface area contributed by atoms with Crippen LogP contribution in [0.4, 0.5) is 0 Å². The summed E-state index contributed by atoms with van der Waals surface area (Å²) < 4.78 is 4.50. The van der Waals surface area contributed by atoms with Crippen LogP contribution in [0.25, 0.3) is 0 Å². The smallest absolute Gasteiger partial charge is 0.328 e. The lowest BCUT2D eigenvalue weighted by Crippen LogP contribution is -2.48. The Bertz CT molecular complexity index is 234. The number of carbonyl (C=O) groups excluding carboxylic acids is 2. The van der Waals surface area contributed by atoms with Gasteiger partial charge in [-0.15, -0.1) is 24.2 Å². The van der Waals surface area contributed by atoms with Crippen LogP contribution in [-0.2, 0) is 14.3 Å². The third kappa shape index (κ3) is 4.27. The maximum Gasteiger partial charge on any atom is 0.328 e. The largest absolute Gasteiger partial charge is 0.467 e. The zero-order chi connectivity index (χ0) is 10.6. The topological polar surface area (TPSA) is 67.4 Å². The number of methoxy groups -OCH3 is 1. The molecule has 5 nitrogen and oxygen atoms in total. The summed E-state index contributed by atoms with van der Waals surface area (Å²) in [4.78, 5) is 22.5. The van der Waals surface area contributed by atoms with E-state index < -0.39 is 12.0 Å². The number of thioether (sulfide) groups is 1. The first kappa shape index (κ1) is 14.5. The molecule has 0 bridgehead atoms. The fourth-order valence-corrected chi connectivity index (χ4v) is 2.06. The van der Waals surface area contributed by atoms with E-state index in [1.165, 1.54) is 7.11 Å². The molecule has 1 aliphatic heterocycles. The Morgan fingerprint density at radius 1 is 1.60 bits per heavy atom. The highest BCUT2D eigenvalue weighted by molar-refractivity contribution is 7.99. The van der Waals surface area contributed by atoms with E-state index in [0.29, 0.717) is 0 Å². The molecule has 1 unspecified atom stereocenters. The van der Waals surface area contributed by atoms with E-state index >= 15 is 0 Å². The van der Waals surface area contributed by atoms with Crippen LogP contribution in [-0.4, -0.2) is 42.7 Å². The molecule has 0 aromatic carbocycles. The number of hydrogen-bond donors (Lipinski definition) is 2. The molecule has 0 radical (unpaired) electrons. The van der Waals surface area contributed by atoms with E-state index in [4.69, 9.17) is 0 Å². The molecule has 15 heavy (non-hydrogen) atoms. The highest BCUT2D eigenvalue weighted by Crippen LogP contribution is 2.09. The van der Waals surface area contributed by atoms with Crippen molar-refractivity contribution in [3.05, 3.63) is 0 Å². The minimum Gasteiger partial charge on any atom is -0.467 e. The van der Waals surface area contributed by atoms with Gasteiger partial charge in [0, 0.05) is 11.6 Å². The average Bonchev–Trinajstić information content (AvgIpc) is 2.69. The van der Waals surface area contributed by atoms with Crippen LogP contribution >= 0.6 is 24.2 Å². The Balaban J connectivity index is 0.00000196. The number of ether oxygens (including phenoxy) is 1. The standard InChI is InChI=1S/C8H14N2O3S.ClH/c1-5(8(12)13-2)10-7(11)6-3-14-4-9-6;/h5-6,9H,3-4H2,1-2H3,(H,10,11);1H/t5?,6-;/m1./s1. The van der Waals surface area contributed by atoms with Crippen LogP contribution < -0.4 is 10.6 Å². The molecule has 0 aromatic heterocycles. The second-order valence-electron chi connectivity index (χ2n) is 3.03. The first-order valence-corrected chi connectivity index (χ1v) is 5.50. The van der Waals surface area contributed by atoms with Crippen molar-refractivity contribution >= 4 is 36.0 Å². The van der Waals surface area contributed by atoms with Crippen molar-refractivity contribution in [3.8, 4) is 0 Å². The Kier molecular flexibility index (Phi) is 6.71. The molecule has 0 aliphatic carbocycles.